The first-order chi connectivity index (χ1) is 13.7. The predicted molar refractivity (Wildman–Crippen MR) is 112 cm³/mol. The van der Waals surface area contributed by atoms with Crippen molar-refractivity contribution in [1.29, 1.82) is 5.26 Å². The van der Waals surface area contributed by atoms with Gasteiger partial charge < -0.3 is 9.73 Å². The molecule has 0 unspecified atom stereocenters. The minimum absolute atomic E-state index is 0.335. The highest BCUT2D eigenvalue weighted by atomic mass is 35.5. The van der Waals surface area contributed by atoms with Crippen LogP contribution in [0.3, 0.4) is 0 Å². The summed E-state index contributed by atoms with van der Waals surface area (Å²) in [5, 5.41) is 16.1. The molecule has 2 aromatic carbocycles. The fourth-order valence-electron chi connectivity index (χ4n) is 2.63. The molecular formula is C21H12ClN3O2S. The van der Waals surface area contributed by atoms with Gasteiger partial charge in [-0.1, -0.05) is 41.9 Å². The smallest absolute Gasteiger partial charge is 0.345 e. The highest BCUT2D eigenvalue weighted by Crippen LogP contribution is 2.27. The van der Waals surface area contributed by atoms with Gasteiger partial charge in [-0.15, -0.1) is 11.3 Å². The third-order valence-electron chi connectivity index (χ3n) is 4.02. The number of nitrogens with one attached hydrogen (secondary N) is 1. The molecule has 28 heavy (non-hydrogen) atoms. The molecule has 0 aliphatic carbocycles. The summed E-state index contributed by atoms with van der Waals surface area (Å²) in [6.07, 6.45) is 1.55. The zero-order chi connectivity index (χ0) is 19.5. The van der Waals surface area contributed by atoms with Crippen molar-refractivity contribution >= 4 is 45.2 Å². The first-order valence-electron chi connectivity index (χ1n) is 8.26. The van der Waals surface area contributed by atoms with Gasteiger partial charge in [-0.3, -0.25) is 0 Å². The summed E-state index contributed by atoms with van der Waals surface area (Å²) < 4.78 is 5.36. The molecule has 7 heteroatoms. The molecule has 0 saturated heterocycles. The van der Waals surface area contributed by atoms with E-state index in [1.54, 1.807) is 35.8 Å². The van der Waals surface area contributed by atoms with Crippen LogP contribution in [0.2, 0.25) is 5.02 Å². The topological polar surface area (TPSA) is 78.9 Å². The van der Waals surface area contributed by atoms with Crippen LogP contribution in [0.5, 0.6) is 0 Å². The number of hydrogen-bond donors (Lipinski definition) is 1. The predicted octanol–water partition coefficient (Wildman–Crippen LogP) is 5.55. The highest BCUT2D eigenvalue weighted by molar-refractivity contribution is 7.11. The second kappa shape index (κ2) is 7.69. The molecule has 0 aliphatic heterocycles. The van der Waals surface area contributed by atoms with Gasteiger partial charge in [0.05, 0.1) is 22.0 Å². The lowest BCUT2D eigenvalue weighted by Gasteiger charge is -2.03. The molecule has 0 atom stereocenters. The van der Waals surface area contributed by atoms with Gasteiger partial charge in [-0.05, 0) is 24.3 Å². The van der Waals surface area contributed by atoms with Gasteiger partial charge in [0.25, 0.3) is 0 Å². The summed E-state index contributed by atoms with van der Waals surface area (Å²) in [6, 6.07) is 18.4. The van der Waals surface area contributed by atoms with Crippen LogP contribution in [0.1, 0.15) is 5.01 Å². The maximum atomic E-state index is 12.3. The molecular weight excluding hydrogens is 394 g/mol. The highest BCUT2D eigenvalue weighted by Gasteiger charge is 2.13. The fourth-order valence-corrected chi connectivity index (χ4v) is 3.61. The van der Waals surface area contributed by atoms with Gasteiger partial charge in [0, 0.05) is 17.0 Å². The third kappa shape index (κ3) is 3.54. The number of aromatic nitrogens is 1. The van der Waals surface area contributed by atoms with E-state index >= 15 is 0 Å². The van der Waals surface area contributed by atoms with Gasteiger partial charge in [0.1, 0.15) is 22.2 Å². The van der Waals surface area contributed by atoms with Crippen LogP contribution in [-0.2, 0) is 0 Å². The number of rotatable bonds is 4. The number of thiazole rings is 1. The Bertz CT molecular complexity index is 1300. The molecule has 2 aromatic heterocycles. The number of allylic oxidation sites excluding steroid dienone is 1. The van der Waals surface area contributed by atoms with Crippen molar-refractivity contribution in [3.05, 3.63) is 86.6 Å². The Hall–Kier alpha value is -3.40. The number of nitriles is 1. The second-order valence-corrected chi connectivity index (χ2v) is 7.08. The van der Waals surface area contributed by atoms with Crippen LogP contribution >= 0.6 is 22.9 Å². The summed E-state index contributed by atoms with van der Waals surface area (Å²) in [4.78, 5) is 16.8. The number of nitrogens with zero attached hydrogens (tertiary/aromatic N) is 2. The van der Waals surface area contributed by atoms with Crippen molar-refractivity contribution < 1.29 is 4.42 Å². The number of para-hydroxylation sites is 2. The number of fused-ring (bicyclic) bond motifs is 1. The molecule has 0 amide bonds. The van der Waals surface area contributed by atoms with Gasteiger partial charge in [-0.2, -0.15) is 5.26 Å². The molecule has 4 aromatic rings. The van der Waals surface area contributed by atoms with Gasteiger partial charge >= 0.3 is 5.63 Å². The molecule has 4 rings (SSSR count). The Balaban J connectivity index is 1.68. The Kier molecular flexibility index (Phi) is 4.94. The lowest BCUT2D eigenvalue weighted by atomic mass is 10.1. The molecule has 1 N–H and O–H groups in total. The van der Waals surface area contributed by atoms with E-state index in [1.807, 2.05) is 30.3 Å². The van der Waals surface area contributed by atoms with Crippen LogP contribution in [0, 0.1) is 11.3 Å². The van der Waals surface area contributed by atoms with E-state index in [2.05, 4.69) is 16.4 Å². The summed E-state index contributed by atoms with van der Waals surface area (Å²) in [5.74, 6) is 0. The zero-order valence-corrected chi connectivity index (χ0v) is 15.9. The molecule has 0 spiro atoms. The molecule has 0 radical (unpaired) electrons. The van der Waals surface area contributed by atoms with Gasteiger partial charge in [0.2, 0.25) is 0 Å². The number of hydrogen-bond acceptors (Lipinski definition) is 6. The van der Waals surface area contributed by atoms with E-state index in [1.165, 1.54) is 11.3 Å². The van der Waals surface area contributed by atoms with Gasteiger partial charge in [0.15, 0.2) is 0 Å². The largest absolute Gasteiger partial charge is 0.422 e. The Morgan fingerprint density at radius 3 is 2.82 bits per heavy atom. The lowest BCUT2D eigenvalue weighted by Crippen LogP contribution is -2.02. The minimum atomic E-state index is -0.466. The molecule has 0 saturated carbocycles. The van der Waals surface area contributed by atoms with Crippen LogP contribution in [0.15, 0.2) is 75.4 Å². The van der Waals surface area contributed by atoms with Crippen LogP contribution < -0.4 is 10.9 Å². The van der Waals surface area contributed by atoms with E-state index in [4.69, 9.17) is 16.0 Å². The summed E-state index contributed by atoms with van der Waals surface area (Å²) >= 11 is 7.39. The number of benzene rings is 2. The first-order valence-corrected chi connectivity index (χ1v) is 9.52. The average molecular weight is 406 g/mol. The molecule has 5 nitrogen and oxygen atoms in total. The van der Waals surface area contributed by atoms with Crippen molar-refractivity contribution in [3.8, 4) is 17.3 Å². The van der Waals surface area contributed by atoms with Crippen molar-refractivity contribution in [2.24, 2.45) is 0 Å². The van der Waals surface area contributed by atoms with Crippen molar-refractivity contribution in [3.63, 3.8) is 0 Å². The third-order valence-corrected chi connectivity index (χ3v) is 5.22. The standard InChI is InChI=1S/C21H12ClN3O2S/c22-16-6-2-3-7-17(16)24-11-14(10-23)20-25-18(12-28-20)15-9-13-5-1-4-8-19(13)27-21(15)26/h1-9,11-12,24H. The molecule has 2 heterocycles. The van der Waals surface area contributed by atoms with E-state index in [0.717, 1.165) is 5.39 Å². The van der Waals surface area contributed by atoms with Crippen molar-refractivity contribution in [2.45, 2.75) is 0 Å². The Morgan fingerprint density at radius 2 is 2.00 bits per heavy atom. The normalized spacial score (nSPS) is 11.4. The SMILES string of the molecule is N#CC(=CNc1ccccc1Cl)c1nc(-c2cc3ccccc3oc2=O)cs1. The van der Waals surface area contributed by atoms with Crippen molar-refractivity contribution in [1.82, 2.24) is 4.98 Å². The lowest BCUT2D eigenvalue weighted by molar-refractivity contribution is 0.563. The fraction of sp³-hybridized carbons (Fsp3) is 0. The van der Waals surface area contributed by atoms with Crippen LogP contribution in [0.4, 0.5) is 5.69 Å². The summed E-state index contributed by atoms with van der Waals surface area (Å²) in [6.45, 7) is 0. The molecule has 0 aliphatic rings. The van der Waals surface area contributed by atoms with E-state index in [-0.39, 0.29) is 0 Å². The van der Waals surface area contributed by atoms with Crippen LogP contribution in [0.25, 0.3) is 27.8 Å². The van der Waals surface area contributed by atoms with Crippen molar-refractivity contribution in [2.75, 3.05) is 5.32 Å². The number of anilines is 1. The van der Waals surface area contributed by atoms with E-state index in [0.29, 0.717) is 38.1 Å². The molecule has 0 fully saturated rings. The second-order valence-electron chi connectivity index (χ2n) is 5.82. The molecule has 0 bridgehead atoms. The summed E-state index contributed by atoms with van der Waals surface area (Å²) in [5.41, 5.74) is 1.90. The maximum Gasteiger partial charge on any atom is 0.345 e. The maximum absolute atomic E-state index is 12.3. The van der Waals surface area contributed by atoms with E-state index < -0.39 is 5.63 Å². The van der Waals surface area contributed by atoms with E-state index in [9.17, 15) is 10.1 Å². The van der Waals surface area contributed by atoms with Gasteiger partial charge in [-0.25, -0.2) is 9.78 Å². The Labute approximate surface area is 169 Å². The van der Waals surface area contributed by atoms with Crippen LogP contribution in [-0.4, -0.2) is 4.98 Å². The first kappa shape index (κ1) is 18.0. The summed E-state index contributed by atoms with van der Waals surface area (Å²) in [7, 11) is 0. The minimum Gasteiger partial charge on any atom is -0.422 e. The zero-order valence-electron chi connectivity index (χ0n) is 14.3. The Morgan fingerprint density at radius 1 is 1.21 bits per heavy atom. The monoisotopic (exact) mass is 405 g/mol. The molecule has 136 valence electrons. The average Bonchev–Trinajstić information content (AvgIpc) is 3.19. The number of halogens is 1. The quantitative estimate of drug-likeness (QED) is 0.356.